The zero-order valence-electron chi connectivity index (χ0n) is 31.3. The first kappa shape index (κ1) is 40.2. The maximum Gasteiger partial charge on any atom is 0.255 e. The molecule has 286 valence electrons. The molecule has 0 aliphatic carbocycles. The summed E-state index contributed by atoms with van der Waals surface area (Å²) < 4.78 is 0. The van der Waals surface area contributed by atoms with E-state index in [9.17, 15) is 24.9 Å². The molecule has 7 nitrogen and oxygen atoms in total. The lowest BCUT2D eigenvalue weighted by Crippen LogP contribution is -2.38. The summed E-state index contributed by atoms with van der Waals surface area (Å²) in [5.41, 5.74) is 1.52. The van der Waals surface area contributed by atoms with E-state index in [-0.39, 0.29) is 40.1 Å². The summed E-state index contributed by atoms with van der Waals surface area (Å²) in [5.74, 6) is -0.900. The normalized spacial score (nSPS) is 10.5. The molecule has 8 aromatic rings. The van der Waals surface area contributed by atoms with Gasteiger partial charge in [0.25, 0.3) is 5.91 Å². The van der Waals surface area contributed by atoms with Gasteiger partial charge in [0, 0.05) is 22.9 Å². The Hall–Kier alpha value is -7.47. The largest absolute Gasteiger partial charge is 0.872 e. The third-order valence-corrected chi connectivity index (χ3v) is 13.4. The number of para-hydroxylation sites is 2. The fourth-order valence-corrected chi connectivity index (χ4v) is 10.6. The molecular weight excluding hydrogens is 742 g/mol. The fraction of sp³-hybridized carbons (Fsp3) is 0. The SMILES string of the molecule is O=C(Nc1ccccc1)c1ccccc1[O-].O=C(c1ccccc1)c1ccc(O)cc1O.Oc1ccc([P+](c2ccccc2)(c2ccccc2)c2ccccc2)cc1. The first-order valence-corrected chi connectivity index (χ1v) is 20.2. The van der Waals surface area contributed by atoms with Crippen LogP contribution in [0, 0.1) is 0 Å². The predicted molar refractivity (Wildman–Crippen MR) is 233 cm³/mol. The van der Waals surface area contributed by atoms with Gasteiger partial charge in [-0.25, -0.2) is 0 Å². The number of phenolic OH excluding ortho intramolecular Hbond substituents is 3. The second-order valence-electron chi connectivity index (χ2n) is 12.9. The molecule has 0 radical (unpaired) electrons. The molecule has 0 saturated heterocycles. The number of aromatic hydroxyl groups is 3. The third-order valence-electron chi connectivity index (χ3n) is 9.09. The molecule has 58 heavy (non-hydrogen) atoms. The number of rotatable bonds is 8. The van der Waals surface area contributed by atoms with Crippen LogP contribution in [0.5, 0.6) is 23.0 Å². The van der Waals surface area contributed by atoms with E-state index < -0.39 is 7.26 Å². The molecule has 8 rings (SSSR count). The number of carbonyl (C=O) groups is 2. The Bertz CT molecular complexity index is 2440. The van der Waals surface area contributed by atoms with E-state index in [2.05, 4.69) is 108 Å². The van der Waals surface area contributed by atoms with Crippen molar-refractivity contribution < 1.29 is 30.0 Å². The molecule has 0 aromatic heterocycles. The Kier molecular flexibility index (Phi) is 13.5. The van der Waals surface area contributed by atoms with Gasteiger partial charge in [0.15, 0.2) is 5.78 Å². The van der Waals surface area contributed by atoms with Gasteiger partial charge < -0.3 is 25.7 Å². The van der Waals surface area contributed by atoms with E-state index in [0.717, 1.165) is 6.07 Å². The second-order valence-corrected chi connectivity index (χ2v) is 16.3. The van der Waals surface area contributed by atoms with Gasteiger partial charge >= 0.3 is 0 Å². The number of amides is 1. The Morgan fingerprint density at radius 1 is 0.431 bits per heavy atom. The van der Waals surface area contributed by atoms with E-state index in [0.29, 0.717) is 17.0 Å². The predicted octanol–water partition coefficient (Wildman–Crippen LogP) is 8.35. The number of hydrogen-bond donors (Lipinski definition) is 4. The van der Waals surface area contributed by atoms with Crippen molar-refractivity contribution in [3.63, 3.8) is 0 Å². The van der Waals surface area contributed by atoms with Gasteiger partial charge in [0.05, 0.1) is 5.56 Å². The molecule has 0 spiro atoms. The summed E-state index contributed by atoms with van der Waals surface area (Å²) in [6.07, 6.45) is 0. The van der Waals surface area contributed by atoms with Crippen LogP contribution in [0.15, 0.2) is 218 Å². The van der Waals surface area contributed by atoms with E-state index >= 15 is 0 Å². The Balaban J connectivity index is 0.000000154. The Morgan fingerprint density at radius 3 is 1.33 bits per heavy atom. The molecule has 0 unspecified atom stereocenters. The molecule has 0 aliphatic heterocycles. The van der Waals surface area contributed by atoms with E-state index in [1.54, 1.807) is 60.7 Å². The highest BCUT2D eigenvalue weighted by Crippen LogP contribution is 2.54. The van der Waals surface area contributed by atoms with Gasteiger partial charge in [-0.05, 0) is 84.9 Å². The number of phenols is 3. The summed E-state index contributed by atoms with van der Waals surface area (Å²) in [6, 6.07) is 67.7. The summed E-state index contributed by atoms with van der Waals surface area (Å²) in [7, 11) is -2.04. The lowest BCUT2D eigenvalue weighted by molar-refractivity contribution is -0.268. The number of ketones is 1. The van der Waals surface area contributed by atoms with Crippen LogP contribution in [0.1, 0.15) is 26.3 Å². The molecule has 1 amide bonds. The summed E-state index contributed by atoms with van der Waals surface area (Å²) in [4.78, 5) is 23.7. The van der Waals surface area contributed by atoms with Crippen LogP contribution >= 0.6 is 7.26 Å². The molecular formula is C50H40NO6P. The number of benzene rings is 8. The zero-order chi connectivity index (χ0) is 40.7. The van der Waals surface area contributed by atoms with Crippen LogP contribution in [0.3, 0.4) is 0 Å². The Morgan fingerprint density at radius 2 is 0.845 bits per heavy atom. The molecule has 0 heterocycles. The lowest BCUT2D eigenvalue weighted by Gasteiger charge is -2.27. The van der Waals surface area contributed by atoms with Gasteiger partial charge in [0.1, 0.15) is 45.7 Å². The summed E-state index contributed by atoms with van der Waals surface area (Å²) >= 11 is 0. The van der Waals surface area contributed by atoms with Crippen LogP contribution in [0.2, 0.25) is 0 Å². The van der Waals surface area contributed by atoms with Crippen molar-refractivity contribution in [3.05, 3.63) is 235 Å². The lowest BCUT2D eigenvalue weighted by atomic mass is 10.0. The van der Waals surface area contributed by atoms with Crippen LogP contribution in [-0.2, 0) is 0 Å². The van der Waals surface area contributed by atoms with Gasteiger partial charge in [-0.15, -0.1) is 0 Å². The van der Waals surface area contributed by atoms with Crippen molar-refractivity contribution in [1.29, 1.82) is 0 Å². The molecule has 0 aliphatic rings. The highest BCUT2D eigenvalue weighted by atomic mass is 31.2. The standard InChI is InChI=1S/C24H19OP.C13H11NO2.C13H10O3/c25-20-16-18-24(19-17-20)26(21-10-4-1-5-11-21,22-12-6-2-7-13-22)23-14-8-3-9-15-23;15-12-9-5-4-8-11(12)13(16)14-10-6-2-1-3-7-10;14-10-6-7-11(12(15)8-10)13(16)9-4-2-1-3-5-9/h1-19H;1-9,15H,(H,14,16);1-8,14-15H. The monoisotopic (exact) mass is 781 g/mol. The van der Waals surface area contributed by atoms with Gasteiger partial charge in [-0.1, -0.05) is 133 Å². The minimum Gasteiger partial charge on any atom is -0.872 e. The van der Waals surface area contributed by atoms with Crippen LogP contribution in [-0.4, -0.2) is 27.0 Å². The van der Waals surface area contributed by atoms with Crippen LogP contribution < -0.4 is 31.6 Å². The summed E-state index contributed by atoms with van der Waals surface area (Å²) in [5, 5.41) is 47.7. The van der Waals surface area contributed by atoms with E-state index in [1.165, 1.54) is 45.5 Å². The van der Waals surface area contributed by atoms with Crippen LogP contribution in [0.4, 0.5) is 5.69 Å². The van der Waals surface area contributed by atoms with Crippen LogP contribution in [0.25, 0.3) is 0 Å². The van der Waals surface area contributed by atoms with Crippen molar-refractivity contribution in [3.8, 4) is 23.0 Å². The molecule has 4 N–H and O–H groups in total. The topological polar surface area (TPSA) is 130 Å². The van der Waals surface area contributed by atoms with Crippen molar-refractivity contribution >= 4 is 45.9 Å². The third kappa shape index (κ3) is 9.66. The Labute approximate surface area is 338 Å². The van der Waals surface area contributed by atoms with E-state index in [1.807, 2.05) is 24.3 Å². The molecule has 8 heteroatoms. The number of hydrogen-bond acceptors (Lipinski definition) is 6. The first-order valence-electron chi connectivity index (χ1n) is 18.4. The van der Waals surface area contributed by atoms with Gasteiger partial charge in [-0.2, -0.15) is 0 Å². The molecule has 0 bridgehead atoms. The number of nitrogens with one attached hydrogen (secondary N) is 1. The first-order chi connectivity index (χ1) is 28.3. The summed E-state index contributed by atoms with van der Waals surface area (Å²) in [6.45, 7) is 0. The minimum atomic E-state index is -2.04. The second kappa shape index (κ2) is 19.4. The maximum absolute atomic E-state index is 11.9. The fourth-order valence-electron chi connectivity index (χ4n) is 6.36. The number of anilines is 1. The maximum atomic E-state index is 11.9. The average Bonchev–Trinajstić information content (AvgIpc) is 3.27. The molecule has 0 atom stereocenters. The highest BCUT2D eigenvalue weighted by Gasteiger charge is 2.47. The van der Waals surface area contributed by atoms with Gasteiger partial charge in [0.2, 0.25) is 0 Å². The molecule has 8 aromatic carbocycles. The average molecular weight is 782 g/mol. The van der Waals surface area contributed by atoms with E-state index in [4.69, 9.17) is 5.11 Å². The van der Waals surface area contributed by atoms with Crippen molar-refractivity contribution in [2.45, 2.75) is 0 Å². The van der Waals surface area contributed by atoms with Crippen molar-refractivity contribution in [2.24, 2.45) is 0 Å². The highest BCUT2D eigenvalue weighted by molar-refractivity contribution is 8.01. The molecule has 0 fully saturated rings. The van der Waals surface area contributed by atoms with Gasteiger partial charge in [-0.3, -0.25) is 9.59 Å². The van der Waals surface area contributed by atoms with Crippen molar-refractivity contribution in [1.82, 2.24) is 0 Å². The zero-order valence-corrected chi connectivity index (χ0v) is 32.2. The molecule has 0 saturated carbocycles. The number of carbonyl (C=O) groups excluding carboxylic acids is 2. The van der Waals surface area contributed by atoms with Crippen molar-refractivity contribution in [2.75, 3.05) is 5.32 Å². The quantitative estimate of drug-likeness (QED) is 0.0907. The minimum absolute atomic E-state index is 0.0675. The smallest absolute Gasteiger partial charge is 0.255 e.